The quantitative estimate of drug-likeness (QED) is 0.162. The highest BCUT2D eigenvalue weighted by Crippen LogP contribution is 2.29. The number of benzene rings is 2. The number of hydrogen-bond donors (Lipinski definition) is 2. The topological polar surface area (TPSA) is 71.3 Å². The smallest absolute Gasteiger partial charge is 0.329 e. The molecule has 0 aliphatic carbocycles. The van der Waals surface area contributed by atoms with Crippen LogP contribution in [0.5, 0.6) is 0 Å². The van der Waals surface area contributed by atoms with Crippen LogP contribution in [0, 0.1) is 6.92 Å². The van der Waals surface area contributed by atoms with Gasteiger partial charge >= 0.3 is 6.18 Å². The summed E-state index contributed by atoms with van der Waals surface area (Å²) in [5, 5.41) is 11.4. The number of aryl methyl sites for hydroxylation is 3. The number of amidine groups is 1. The van der Waals surface area contributed by atoms with E-state index in [9.17, 15) is 18.0 Å². The first-order chi connectivity index (χ1) is 18.8. The monoisotopic (exact) mass is 573 g/mol. The molecule has 0 saturated carbocycles. The number of alkyl halides is 3. The Morgan fingerprint density at radius 3 is 2.40 bits per heavy atom. The number of allylic oxidation sites excluding steroid dienone is 1. The van der Waals surface area contributed by atoms with Gasteiger partial charge < -0.3 is 10.6 Å². The summed E-state index contributed by atoms with van der Waals surface area (Å²) in [4.78, 5) is 15.0. The minimum Gasteiger partial charge on any atom is -0.329 e. The van der Waals surface area contributed by atoms with Gasteiger partial charge in [-0.25, -0.2) is 9.67 Å². The van der Waals surface area contributed by atoms with Crippen LogP contribution in [0.3, 0.4) is 0 Å². The molecule has 40 heavy (non-hydrogen) atoms. The summed E-state index contributed by atoms with van der Waals surface area (Å²) >= 11 is 6.32. The first-order valence-electron chi connectivity index (χ1n) is 12.6. The minimum atomic E-state index is -4.22. The number of nitrogens with one attached hydrogen (secondary N) is 2. The lowest BCUT2D eigenvalue weighted by Crippen LogP contribution is -2.26. The van der Waals surface area contributed by atoms with E-state index in [0.29, 0.717) is 35.7 Å². The molecule has 214 valence electrons. The molecule has 0 saturated heterocycles. The third-order valence-corrected chi connectivity index (χ3v) is 5.84. The zero-order valence-electron chi connectivity index (χ0n) is 23.3. The van der Waals surface area contributed by atoms with Crippen LogP contribution in [0.2, 0.25) is 5.02 Å². The van der Waals surface area contributed by atoms with Crippen LogP contribution >= 0.6 is 11.6 Å². The highest BCUT2D eigenvalue weighted by Gasteiger charge is 2.29. The normalized spacial score (nSPS) is 12.1. The van der Waals surface area contributed by atoms with Crippen molar-refractivity contribution in [3.63, 3.8) is 0 Å². The van der Waals surface area contributed by atoms with Crippen molar-refractivity contribution in [1.29, 1.82) is 0 Å². The molecule has 6 nitrogen and oxygen atoms in total. The molecule has 1 heterocycles. The van der Waals surface area contributed by atoms with E-state index in [1.807, 2.05) is 29.8 Å². The summed E-state index contributed by atoms with van der Waals surface area (Å²) in [6.45, 7) is 13.6. The van der Waals surface area contributed by atoms with Gasteiger partial charge in [0.05, 0.1) is 16.8 Å². The second-order valence-corrected chi connectivity index (χ2v) is 10.3. The van der Waals surface area contributed by atoms with E-state index in [2.05, 4.69) is 43.0 Å². The number of hydrogen-bond acceptors (Lipinski definition) is 3. The summed E-state index contributed by atoms with van der Waals surface area (Å²) < 4.78 is 37.9. The van der Waals surface area contributed by atoms with Crippen LogP contribution in [0.15, 0.2) is 78.5 Å². The molecular formula is C30H35ClF3N5O. The maximum absolute atomic E-state index is 12.0. The summed E-state index contributed by atoms with van der Waals surface area (Å²) in [5.41, 5.74) is 2.44. The Hall–Kier alpha value is -3.85. The molecule has 3 aromatic rings. The Kier molecular flexibility index (Phi) is 11.7. The van der Waals surface area contributed by atoms with Gasteiger partial charge in [-0.3, -0.25) is 4.79 Å². The Labute approximate surface area is 238 Å². The zero-order valence-corrected chi connectivity index (χ0v) is 24.1. The van der Waals surface area contributed by atoms with Crippen molar-refractivity contribution in [1.82, 2.24) is 9.78 Å². The van der Waals surface area contributed by atoms with Gasteiger partial charge in [0.2, 0.25) is 6.41 Å². The second kappa shape index (κ2) is 14.5. The molecule has 0 radical (unpaired) electrons. The fourth-order valence-corrected chi connectivity index (χ4v) is 3.80. The van der Waals surface area contributed by atoms with Gasteiger partial charge in [-0.15, -0.1) is 0 Å². The minimum absolute atomic E-state index is 0.209. The first-order valence-corrected chi connectivity index (χ1v) is 13.0. The third-order valence-electron chi connectivity index (χ3n) is 5.47. The average molecular weight is 574 g/mol. The van der Waals surface area contributed by atoms with Gasteiger partial charge in [0.1, 0.15) is 11.7 Å². The number of halogens is 4. The Balaban J connectivity index is 0.000000425. The van der Waals surface area contributed by atoms with E-state index in [4.69, 9.17) is 16.7 Å². The molecule has 0 spiro atoms. The van der Waals surface area contributed by atoms with E-state index < -0.39 is 11.7 Å². The molecule has 2 aromatic carbocycles. The van der Waals surface area contributed by atoms with Gasteiger partial charge in [-0.2, -0.15) is 18.3 Å². The molecule has 0 atom stereocenters. The molecule has 0 fully saturated rings. The summed E-state index contributed by atoms with van der Waals surface area (Å²) in [7, 11) is 0. The Bertz CT molecular complexity index is 1350. The predicted molar refractivity (Wildman–Crippen MR) is 158 cm³/mol. The molecule has 0 aliphatic heterocycles. The number of carbonyl (C=O) groups excluding carboxylic acids is 1. The number of amides is 1. The molecule has 0 aliphatic rings. The van der Waals surface area contributed by atoms with Gasteiger partial charge in [0.25, 0.3) is 0 Å². The van der Waals surface area contributed by atoms with E-state index >= 15 is 0 Å². The Morgan fingerprint density at radius 1 is 1.12 bits per heavy atom. The molecular weight excluding hydrogens is 539 g/mol. The lowest BCUT2D eigenvalue weighted by atomic mass is 10.1. The van der Waals surface area contributed by atoms with Crippen molar-refractivity contribution >= 4 is 35.4 Å². The SMILES string of the molecule is C=CC(=N/C=C\C)Nc1cc(CCc2cc(NC=O)ccc2Cl)nn1C(C)(C)C.Cc1cccc(C(F)(F)F)c1. The van der Waals surface area contributed by atoms with Crippen LogP contribution in [0.4, 0.5) is 24.7 Å². The van der Waals surface area contributed by atoms with Crippen LogP contribution < -0.4 is 10.6 Å². The van der Waals surface area contributed by atoms with Crippen LogP contribution in [0.25, 0.3) is 0 Å². The summed E-state index contributed by atoms with van der Waals surface area (Å²) in [6, 6.07) is 12.7. The lowest BCUT2D eigenvalue weighted by molar-refractivity contribution is -0.137. The van der Waals surface area contributed by atoms with Gasteiger partial charge in [0, 0.05) is 23.0 Å². The maximum atomic E-state index is 12.0. The fourth-order valence-electron chi connectivity index (χ4n) is 3.58. The largest absolute Gasteiger partial charge is 0.416 e. The van der Waals surface area contributed by atoms with Crippen LogP contribution in [-0.2, 0) is 29.4 Å². The molecule has 0 bridgehead atoms. The molecule has 1 aromatic heterocycles. The zero-order chi connectivity index (χ0) is 29.9. The van der Waals surface area contributed by atoms with Crippen LogP contribution in [0.1, 0.15) is 50.1 Å². The van der Waals surface area contributed by atoms with Crippen LogP contribution in [-0.4, -0.2) is 22.0 Å². The van der Waals surface area contributed by atoms with Crippen molar-refractivity contribution in [3.05, 3.63) is 101 Å². The van der Waals surface area contributed by atoms with E-state index in [1.165, 1.54) is 6.07 Å². The van der Waals surface area contributed by atoms with E-state index in [-0.39, 0.29) is 5.54 Å². The van der Waals surface area contributed by atoms with Crippen molar-refractivity contribution in [2.45, 2.75) is 59.2 Å². The number of aliphatic imine (C=N–C) groups is 1. The van der Waals surface area contributed by atoms with Gasteiger partial charge in [0.15, 0.2) is 0 Å². The Morgan fingerprint density at radius 2 is 1.85 bits per heavy atom. The predicted octanol–water partition coefficient (Wildman–Crippen LogP) is 8.19. The average Bonchev–Trinajstić information content (AvgIpc) is 3.30. The number of nitrogens with zero attached hydrogens (tertiary/aromatic N) is 3. The van der Waals surface area contributed by atoms with Gasteiger partial charge in [-0.05, 0) is 83.4 Å². The van der Waals surface area contributed by atoms with E-state index in [1.54, 1.807) is 37.4 Å². The molecule has 3 rings (SSSR count). The fraction of sp³-hybridized carbons (Fsp3) is 0.300. The van der Waals surface area contributed by atoms with E-state index in [0.717, 1.165) is 34.9 Å². The molecule has 10 heteroatoms. The number of carbonyl (C=O) groups is 1. The number of aromatic nitrogens is 2. The number of rotatable bonds is 8. The standard InChI is InChI=1S/C22H28ClN5O.C8H7F3/c1-6-12-24-20(7-2)26-21-14-18(27-28(21)22(3,4)5)9-8-16-13-17(25-15-29)10-11-19(16)23;1-6-3-2-4-7(5-6)8(9,10)11/h6-7,10-15H,2,8-9H2,1,3-5H3,(H,24,26)(H,25,29);2-5H,1H3/b12-6-;. The summed E-state index contributed by atoms with van der Waals surface area (Å²) in [6.07, 6.45) is 3.09. The van der Waals surface area contributed by atoms with Gasteiger partial charge in [-0.1, -0.05) is 48.0 Å². The number of anilines is 2. The molecule has 1 amide bonds. The summed E-state index contributed by atoms with van der Waals surface area (Å²) in [5.74, 6) is 1.49. The van der Waals surface area contributed by atoms with Crippen molar-refractivity contribution in [2.75, 3.05) is 10.6 Å². The molecule has 0 unspecified atom stereocenters. The maximum Gasteiger partial charge on any atom is 0.416 e. The third kappa shape index (κ3) is 10.0. The highest BCUT2D eigenvalue weighted by molar-refractivity contribution is 6.31. The van der Waals surface area contributed by atoms with Crippen molar-refractivity contribution in [3.8, 4) is 0 Å². The first kappa shape index (κ1) is 32.4. The second-order valence-electron chi connectivity index (χ2n) is 9.87. The highest BCUT2D eigenvalue weighted by atomic mass is 35.5. The molecule has 2 N–H and O–H groups in total. The van der Waals surface area contributed by atoms with Crippen molar-refractivity contribution in [2.24, 2.45) is 4.99 Å². The lowest BCUT2D eigenvalue weighted by Gasteiger charge is -2.22. The van der Waals surface area contributed by atoms with Crippen molar-refractivity contribution < 1.29 is 18.0 Å².